The van der Waals surface area contributed by atoms with E-state index in [-0.39, 0.29) is 0 Å². The molecule has 0 unspecified atom stereocenters. The van der Waals surface area contributed by atoms with Crippen molar-refractivity contribution in [3.05, 3.63) is 36.2 Å². The predicted octanol–water partition coefficient (Wildman–Crippen LogP) is 3.16. The molecule has 0 aliphatic rings. The van der Waals surface area contributed by atoms with Crippen molar-refractivity contribution in [2.45, 2.75) is 17.7 Å². The summed E-state index contributed by atoms with van der Waals surface area (Å²) in [6, 6.07) is 8.24. The maximum atomic E-state index is 5.66. The van der Waals surface area contributed by atoms with Crippen molar-refractivity contribution in [2.75, 3.05) is 12.1 Å². The van der Waals surface area contributed by atoms with Gasteiger partial charge in [0.2, 0.25) is 0 Å². The van der Waals surface area contributed by atoms with Gasteiger partial charge in [-0.2, -0.15) is 0 Å². The van der Waals surface area contributed by atoms with Gasteiger partial charge in [-0.15, -0.1) is 28.5 Å². The van der Waals surface area contributed by atoms with Gasteiger partial charge in [0.1, 0.15) is 0 Å². The van der Waals surface area contributed by atoms with Gasteiger partial charge in [-0.05, 0) is 37.3 Å². The van der Waals surface area contributed by atoms with Gasteiger partial charge >= 0.3 is 0 Å². The summed E-state index contributed by atoms with van der Waals surface area (Å²) in [6.07, 6.45) is 5.84. The molecule has 0 radical (unpaired) electrons. The summed E-state index contributed by atoms with van der Waals surface area (Å²) in [5.74, 6) is 0.662. The average Bonchev–Trinajstić information content (AvgIpc) is 2.85. The van der Waals surface area contributed by atoms with Crippen LogP contribution in [0.1, 0.15) is 12.1 Å². The maximum Gasteiger partial charge on any atom is 0.0832 e. The molecule has 0 spiro atoms. The van der Waals surface area contributed by atoms with Crippen LogP contribution in [0.4, 0.5) is 0 Å². The Kier molecular flexibility index (Phi) is 4.45. The van der Waals surface area contributed by atoms with Crippen LogP contribution in [0.25, 0.3) is 5.69 Å². The minimum atomic E-state index is 0.662. The Morgan fingerprint density at radius 3 is 3.06 bits per heavy atom. The van der Waals surface area contributed by atoms with Crippen molar-refractivity contribution in [1.29, 1.82) is 0 Å². The molecule has 0 atom stereocenters. The standard InChI is InChI=1S/C12H14ClN3S/c1-17-12-6-2-5-11(8-12)16-9-10(14-15-16)4-3-7-13/h2,5-6,8-9H,3-4,7H2,1H3. The number of aromatic nitrogens is 3. The molecule has 0 aliphatic carbocycles. The van der Waals surface area contributed by atoms with Gasteiger partial charge in [0.15, 0.2) is 0 Å². The number of benzene rings is 1. The first kappa shape index (κ1) is 12.5. The maximum absolute atomic E-state index is 5.66. The summed E-state index contributed by atoms with van der Waals surface area (Å²) in [5, 5.41) is 8.26. The minimum Gasteiger partial charge on any atom is -0.220 e. The quantitative estimate of drug-likeness (QED) is 0.616. The third kappa shape index (κ3) is 3.23. The summed E-state index contributed by atoms with van der Waals surface area (Å²) in [5.41, 5.74) is 2.03. The second kappa shape index (κ2) is 6.07. The Morgan fingerprint density at radius 2 is 2.29 bits per heavy atom. The van der Waals surface area contributed by atoms with E-state index in [0.29, 0.717) is 5.88 Å². The van der Waals surface area contributed by atoms with Crippen molar-refractivity contribution in [1.82, 2.24) is 15.0 Å². The molecular weight excluding hydrogens is 254 g/mol. The lowest BCUT2D eigenvalue weighted by molar-refractivity contribution is 0.790. The van der Waals surface area contributed by atoms with Crippen LogP contribution in [-0.4, -0.2) is 27.1 Å². The molecule has 0 fully saturated rings. The van der Waals surface area contributed by atoms with E-state index < -0.39 is 0 Å². The van der Waals surface area contributed by atoms with Gasteiger partial charge in [-0.3, -0.25) is 0 Å². The number of hydrogen-bond acceptors (Lipinski definition) is 3. The van der Waals surface area contributed by atoms with E-state index in [2.05, 4.69) is 28.7 Å². The summed E-state index contributed by atoms with van der Waals surface area (Å²) >= 11 is 7.38. The lowest BCUT2D eigenvalue weighted by Crippen LogP contribution is -1.94. The fraction of sp³-hybridized carbons (Fsp3) is 0.333. The van der Waals surface area contributed by atoms with Crippen LogP contribution in [0.15, 0.2) is 35.4 Å². The zero-order valence-corrected chi connectivity index (χ0v) is 11.2. The van der Waals surface area contributed by atoms with Crippen molar-refractivity contribution < 1.29 is 0 Å². The SMILES string of the molecule is CSc1cccc(-n2cc(CCCCl)nn2)c1. The summed E-state index contributed by atoms with van der Waals surface area (Å²) in [7, 11) is 0. The molecule has 2 aromatic rings. The molecule has 3 nitrogen and oxygen atoms in total. The largest absolute Gasteiger partial charge is 0.220 e. The highest BCUT2D eigenvalue weighted by molar-refractivity contribution is 7.98. The first-order chi connectivity index (χ1) is 8.33. The highest BCUT2D eigenvalue weighted by Gasteiger charge is 2.03. The average molecular weight is 268 g/mol. The second-order valence-corrected chi connectivity index (χ2v) is 4.91. The molecule has 2 rings (SSSR count). The number of aryl methyl sites for hydroxylation is 1. The van der Waals surface area contributed by atoms with E-state index in [4.69, 9.17) is 11.6 Å². The number of thioether (sulfide) groups is 1. The van der Waals surface area contributed by atoms with E-state index in [1.165, 1.54) is 4.90 Å². The van der Waals surface area contributed by atoms with Gasteiger partial charge in [0, 0.05) is 10.8 Å². The van der Waals surface area contributed by atoms with E-state index in [1.54, 1.807) is 11.8 Å². The molecule has 1 aromatic heterocycles. The number of halogens is 1. The minimum absolute atomic E-state index is 0.662. The Bertz CT molecular complexity index is 484. The second-order valence-electron chi connectivity index (χ2n) is 3.65. The monoisotopic (exact) mass is 267 g/mol. The molecule has 17 heavy (non-hydrogen) atoms. The molecule has 0 saturated carbocycles. The van der Waals surface area contributed by atoms with Crippen molar-refractivity contribution >= 4 is 23.4 Å². The van der Waals surface area contributed by atoms with Crippen LogP contribution in [-0.2, 0) is 6.42 Å². The zero-order valence-electron chi connectivity index (χ0n) is 9.64. The Balaban J connectivity index is 2.18. The molecule has 1 aromatic carbocycles. The Hall–Kier alpha value is -1.00. The highest BCUT2D eigenvalue weighted by Crippen LogP contribution is 2.18. The summed E-state index contributed by atoms with van der Waals surface area (Å²) in [6.45, 7) is 0. The molecular formula is C12H14ClN3S. The highest BCUT2D eigenvalue weighted by atomic mass is 35.5. The Morgan fingerprint density at radius 1 is 1.41 bits per heavy atom. The van der Waals surface area contributed by atoms with Crippen LogP contribution >= 0.6 is 23.4 Å². The van der Waals surface area contributed by atoms with Gasteiger partial charge in [0.25, 0.3) is 0 Å². The van der Waals surface area contributed by atoms with Gasteiger partial charge in [-0.25, -0.2) is 4.68 Å². The molecule has 90 valence electrons. The normalized spacial score (nSPS) is 10.7. The number of alkyl halides is 1. The first-order valence-electron chi connectivity index (χ1n) is 5.45. The van der Waals surface area contributed by atoms with Gasteiger partial charge in [-0.1, -0.05) is 11.3 Å². The van der Waals surface area contributed by atoms with E-state index >= 15 is 0 Å². The number of nitrogens with zero attached hydrogens (tertiary/aromatic N) is 3. The molecule has 0 aliphatic heterocycles. The van der Waals surface area contributed by atoms with Crippen molar-refractivity contribution in [3.63, 3.8) is 0 Å². The number of rotatable bonds is 5. The third-order valence-electron chi connectivity index (χ3n) is 2.43. The van der Waals surface area contributed by atoms with Crippen LogP contribution in [0.5, 0.6) is 0 Å². The molecule has 1 heterocycles. The van der Waals surface area contributed by atoms with Gasteiger partial charge in [0.05, 0.1) is 17.6 Å². The predicted molar refractivity (Wildman–Crippen MR) is 72.2 cm³/mol. The molecule has 5 heteroatoms. The van der Waals surface area contributed by atoms with Crippen LogP contribution in [0.3, 0.4) is 0 Å². The van der Waals surface area contributed by atoms with Gasteiger partial charge < -0.3 is 0 Å². The molecule has 0 amide bonds. The third-order valence-corrected chi connectivity index (χ3v) is 3.42. The van der Waals surface area contributed by atoms with Crippen LogP contribution < -0.4 is 0 Å². The van der Waals surface area contributed by atoms with Crippen LogP contribution in [0, 0.1) is 0 Å². The topological polar surface area (TPSA) is 30.7 Å². The molecule has 0 N–H and O–H groups in total. The molecule has 0 saturated heterocycles. The van der Waals surface area contributed by atoms with Crippen molar-refractivity contribution in [3.8, 4) is 5.69 Å². The zero-order chi connectivity index (χ0) is 12.1. The van der Waals surface area contributed by atoms with E-state index in [0.717, 1.165) is 24.2 Å². The Labute approximate surface area is 110 Å². The lowest BCUT2D eigenvalue weighted by atomic mass is 10.3. The molecule has 0 bridgehead atoms. The summed E-state index contributed by atoms with van der Waals surface area (Å²) < 4.78 is 1.81. The van der Waals surface area contributed by atoms with E-state index in [9.17, 15) is 0 Å². The lowest BCUT2D eigenvalue weighted by Gasteiger charge is -2.01. The fourth-order valence-corrected chi connectivity index (χ4v) is 2.13. The fourth-order valence-electron chi connectivity index (χ4n) is 1.54. The van der Waals surface area contributed by atoms with Crippen molar-refractivity contribution in [2.24, 2.45) is 0 Å². The smallest absolute Gasteiger partial charge is 0.0832 e. The van der Waals surface area contributed by atoms with E-state index in [1.807, 2.05) is 23.0 Å². The first-order valence-corrected chi connectivity index (χ1v) is 7.21. The van der Waals surface area contributed by atoms with Crippen LogP contribution in [0.2, 0.25) is 0 Å². The number of hydrogen-bond donors (Lipinski definition) is 0. The summed E-state index contributed by atoms with van der Waals surface area (Å²) in [4.78, 5) is 1.22.